The summed E-state index contributed by atoms with van der Waals surface area (Å²) in [4.78, 5) is 0. The Morgan fingerprint density at radius 2 is 0.803 bits per heavy atom. The van der Waals surface area contributed by atoms with Gasteiger partial charge < -0.3 is 18.3 Å². The molecule has 0 spiro atoms. The van der Waals surface area contributed by atoms with E-state index in [-0.39, 0.29) is 11.5 Å². The van der Waals surface area contributed by atoms with Gasteiger partial charge in [-0.2, -0.15) is 0 Å². The first kappa shape index (κ1) is 42.5. The summed E-state index contributed by atoms with van der Waals surface area (Å²) in [6, 6.07) is 79.4. The third-order valence-electron chi connectivity index (χ3n) is 14.3. The zero-order chi connectivity index (χ0) is 48.0. The van der Waals surface area contributed by atoms with Crippen LogP contribution in [0.4, 0.5) is 0 Å². The van der Waals surface area contributed by atoms with E-state index in [0.717, 1.165) is 89.1 Å². The number of nitrogens with zero attached hydrogens (tertiary/aromatic N) is 2. The number of aromatic nitrogens is 2. The van der Waals surface area contributed by atoms with Gasteiger partial charge in [-0.3, -0.25) is 0 Å². The lowest BCUT2D eigenvalue weighted by Gasteiger charge is -2.25. The molecular weight excluding hydrogens is 865 g/mol. The van der Waals surface area contributed by atoms with Crippen LogP contribution in [0.25, 0.3) is 121 Å². The lowest BCUT2D eigenvalue weighted by atomic mass is 9.82. The summed E-state index contributed by atoms with van der Waals surface area (Å²) in [5.41, 5.74) is 19.1. The van der Waals surface area contributed by atoms with Crippen LogP contribution in [-0.2, 0) is 5.41 Å². The summed E-state index contributed by atoms with van der Waals surface area (Å²) >= 11 is 0. The number of hydrogen-bond donors (Lipinski definition) is 0. The maximum absolute atomic E-state index is 6.71. The van der Waals surface area contributed by atoms with E-state index in [1.54, 1.807) is 0 Å². The molecule has 0 unspecified atom stereocenters. The van der Waals surface area contributed by atoms with E-state index in [9.17, 15) is 0 Å². The van der Waals surface area contributed by atoms with E-state index in [1.165, 1.54) is 43.7 Å². The lowest BCUT2D eigenvalue weighted by Crippen LogP contribution is -2.13. The predicted molar refractivity (Wildman–Crippen MR) is 299 cm³/mol. The van der Waals surface area contributed by atoms with Crippen molar-refractivity contribution in [2.75, 3.05) is 0 Å². The molecule has 13 aromatic rings. The van der Waals surface area contributed by atoms with E-state index in [1.807, 2.05) is 0 Å². The average molecular weight is 917 g/mol. The van der Waals surface area contributed by atoms with Crippen molar-refractivity contribution in [1.82, 2.24) is 9.13 Å². The standard InChI is InChI=1S/C67H52N2O2/c1-42(2)70-66-55(43-16-7-6-8-17-43)40-49(67(3,4)5)41-56(66)44-26-31-50(32-27-44)68-62-25-14-11-22-54(62)57-37-46(28-33-63(57)68)48-30-35-65-59(39-48)58-38-47(29-34-64(58)71-65)45-18-15-19-51(36-45)69-60-23-12-9-20-52(60)53-21-10-13-24-61(53)69/h6-42H,1-5H3. The Balaban J connectivity index is 0.876. The molecule has 3 aromatic heterocycles. The highest BCUT2D eigenvalue weighted by Crippen LogP contribution is 2.45. The van der Waals surface area contributed by atoms with Crippen molar-refractivity contribution in [2.45, 2.75) is 46.1 Å². The van der Waals surface area contributed by atoms with E-state index in [4.69, 9.17) is 9.15 Å². The predicted octanol–water partition coefficient (Wildman–Crippen LogP) is 18.5. The van der Waals surface area contributed by atoms with Crippen LogP contribution in [0.2, 0.25) is 0 Å². The minimum absolute atomic E-state index is 0.0142. The Hall–Kier alpha value is -8.60. The molecule has 0 radical (unpaired) electrons. The topological polar surface area (TPSA) is 32.2 Å². The number of rotatable bonds is 8. The van der Waals surface area contributed by atoms with Gasteiger partial charge in [0.05, 0.1) is 28.2 Å². The average Bonchev–Trinajstić information content (AvgIpc) is 4.05. The highest BCUT2D eigenvalue weighted by molar-refractivity contribution is 6.12. The number of benzene rings is 10. The van der Waals surface area contributed by atoms with Crippen molar-refractivity contribution < 1.29 is 9.15 Å². The zero-order valence-corrected chi connectivity index (χ0v) is 40.6. The summed E-state index contributed by atoms with van der Waals surface area (Å²) < 4.78 is 18.0. The van der Waals surface area contributed by atoms with Gasteiger partial charge in [-0.05, 0) is 149 Å². The highest BCUT2D eigenvalue weighted by atomic mass is 16.5. The molecule has 0 bridgehead atoms. The minimum Gasteiger partial charge on any atom is -0.490 e. The second-order valence-corrected chi connectivity index (χ2v) is 20.3. The van der Waals surface area contributed by atoms with Crippen molar-refractivity contribution in [2.24, 2.45) is 0 Å². The van der Waals surface area contributed by atoms with Crippen LogP contribution in [0.15, 0.2) is 223 Å². The highest BCUT2D eigenvalue weighted by Gasteiger charge is 2.23. The monoisotopic (exact) mass is 916 g/mol. The van der Waals surface area contributed by atoms with Crippen molar-refractivity contribution in [1.29, 1.82) is 0 Å². The molecule has 10 aromatic carbocycles. The fraction of sp³-hybridized carbons (Fsp3) is 0.104. The molecule has 0 amide bonds. The summed E-state index contributed by atoms with van der Waals surface area (Å²) in [7, 11) is 0. The molecule has 0 aliphatic carbocycles. The Kier molecular flexibility index (Phi) is 9.90. The molecule has 342 valence electrons. The van der Waals surface area contributed by atoms with Gasteiger partial charge in [-0.15, -0.1) is 0 Å². The van der Waals surface area contributed by atoms with Crippen LogP contribution in [0.5, 0.6) is 5.75 Å². The fourth-order valence-electron chi connectivity index (χ4n) is 10.9. The lowest BCUT2D eigenvalue weighted by molar-refractivity contribution is 0.244. The van der Waals surface area contributed by atoms with Gasteiger partial charge >= 0.3 is 0 Å². The third-order valence-corrected chi connectivity index (χ3v) is 14.3. The summed E-state index contributed by atoms with van der Waals surface area (Å²) in [6.45, 7) is 11.1. The number of furan rings is 1. The van der Waals surface area contributed by atoms with E-state index in [0.29, 0.717) is 0 Å². The first-order chi connectivity index (χ1) is 34.6. The number of ether oxygens (including phenoxy) is 1. The quantitative estimate of drug-likeness (QED) is 0.152. The molecule has 0 aliphatic rings. The third kappa shape index (κ3) is 7.21. The van der Waals surface area contributed by atoms with Crippen molar-refractivity contribution in [3.63, 3.8) is 0 Å². The zero-order valence-electron chi connectivity index (χ0n) is 40.6. The van der Waals surface area contributed by atoms with Gasteiger partial charge in [0.2, 0.25) is 0 Å². The Bertz CT molecular complexity index is 4140. The molecule has 0 saturated heterocycles. The number of fused-ring (bicyclic) bond motifs is 9. The van der Waals surface area contributed by atoms with Crippen LogP contribution in [0, 0.1) is 0 Å². The first-order valence-electron chi connectivity index (χ1n) is 24.7. The van der Waals surface area contributed by atoms with Crippen LogP contribution in [-0.4, -0.2) is 15.2 Å². The molecule has 71 heavy (non-hydrogen) atoms. The molecule has 0 N–H and O–H groups in total. The van der Waals surface area contributed by atoms with Crippen LogP contribution in [0.1, 0.15) is 40.2 Å². The molecule has 0 fully saturated rings. The fourth-order valence-corrected chi connectivity index (χ4v) is 10.9. The van der Waals surface area contributed by atoms with Crippen molar-refractivity contribution in [3.05, 3.63) is 224 Å². The summed E-state index contributed by atoms with van der Waals surface area (Å²) in [5.74, 6) is 0.916. The van der Waals surface area contributed by atoms with E-state index < -0.39 is 0 Å². The SMILES string of the molecule is CC(C)Oc1c(-c2ccccc2)cc(C(C)(C)C)cc1-c1ccc(-n2c3ccccc3c3cc(-c4ccc5oc6ccc(-c7cccc(-n8c9ccccc9c9ccccc98)c7)cc6c5c4)ccc32)cc1. The molecule has 0 atom stereocenters. The molecule has 3 heterocycles. The summed E-state index contributed by atoms with van der Waals surface area (Å²) in [5, 5.41) is 7.15. The van der Waals surface area contributed by atoms with E-state index >= 15 is 0 Å². The number of para-hydroxylation sites is 3. The van der Waals surface area contributed by atoms with Gasteiger partial charge in [-0.25, -0.2) is 0 Å². The second kappa shape index (κ2) is 16.5. The van der Waals surface area contributed by atoms with Gasteiger partial charge in [0, 0.05) is 54.8 Å². The maximum atomic E-state index is 6.71. The Morgan fingerprint density at radius 1 is 0.366 bits per heavy atom. The normalized spacial score (nSPS) is 12.1. The smallest absolute Gasteiger partial charge is 0.135 e. The number of hydrogen-bond acceptors (Lipinski definition) is 2. The van der Waals surface area contributed by atoms with Crippen molar-refractivity contribution >= 4 is 65.6 Å². The van der Waals surface area contributed by atoms with Crippen LogP contribution < -0.4 is 4.74 Å². The second-order valence-electron chi connectivity index (χ2n) is 20.3. The molecule has 0 saturated carbocycles. The molecule has 4 nitrogen and oxygen atoms in total. The molecule has 4 heteroatoms. The Labute approximate surface area is 413 Å². The van der Waals surface area contributed by atoms with Gasteiger partial charge in [-0.1, -0.05) is 148 Å². The molecule has 13 rings (SSSR count). The van der Waals surface area contributed by atoms with Crippen LogP contribution in [0.3, 0.4) is 0 Å². The maximum Gasteiger partial charge on any atom is 0.135 e. The van der Waals surface area contributed by atoms with E-state index in [2.05, 4.69) is 262 Å². The van der Waals surface area contributed by atoms with Gasteiger partial charge in [0.1, 0.15) is 16.9 Å². The molecular formula is C67H52N2O2. The molecule has 0 aliphatic heterocycles. The van der Waals surface area contributed by atoms with Crippen LogP contribution >= 0.6 is 0 Å². The first-order valence-corrected chi connectivity index (χ1v) is 24.7. The summed E-state index contributed by atoms with van der Waals surface area (Å²) in [6.07, 6.45) is 0.0142. The van der Waals surface area contributed by atoms with Gasteiger partial charge in [0.25, 0.3) is 0 Å². The van der Waals surface area contributed by atoms with Gasteiger partial charge in [0.15, 0.2) is 0 Å². The largest absolute Gasteiger partial charge is 0.490 e. The Morgan fingerprint density at radius 3 is 1.37 bits per heavy atom. The minimum atomic E-state index is -0.0537. The van der Waals surface area contributed by atoms with Crippen molar-refractivity contribution in [3.8, 4) is 61.6 Å².